The topological polar surface area (TPSA) is 109 Å². The Hall–Kier alpha value is -3.22. The van der Waals surface area contributed by atoms with Crippen molar-refractivity contribution < 1.29 is 14.3 Å². The molecule has 1 heterocycles. The van der Waals surface area contributed by atoms with E-state index in [2.05, 4.69) is 14.7 Å². The maximum absolute atomic E-state index is 12.8. The molecule has 0 amide bonds. The summed E-state index contributed by atoms with van der Waals surface area (Å²) in [5.41, 5.74) is 0.683. The quantitative estimate of drug-likeness (QED) is 0.484. The molecular weight excluding hydrogens is 324 g/mol. The van der Waals surface area contributed by atoms with Gasteiger partial charge in [-0.2, -0.15) is 0 Å². The van der Waals surface area contributed by atoms with Gasteiger partial charge in [0.25, 0.3) is 5.56 Å². The maximum Gasteiger partial charge on any atom is 0.330 e. The van der Waals surface area contributed by atoms with Crippen molar-refractivity contribution in [2.75, 3.05) is 7.11 Å². The van der Waals surface area contributed by atoms with E-state index in [-0.39, 0.29) is 11.3 Å². The molecule has 0 saturated carbocycles. The highest BCUT2D eigenvalue weighted by atomic mass is 16.5. The highest BCUT2D eigenvalue weighted by Gasteiger charge is 2.18. The van der Waals surface area contributed by atoms with Crippen LogP contribution in [0.1, 0.15) is 39.7 Å². The number of hydrogen-bond donors (Lipinski definition) is 2. The number of H-pyrrole nitrogens is 2. The van der Waals surface area contributed by atoms with Crippen molar-refractivity contribution in [2.24, 2.45) is 0 Å². The van der Waals surface area contributed by atoms with Crippen LogP contribution in [0.4, 0.5) is 0 Å². The van der Waals surface area contributed by atoms with Gasteiger partial charge in [0.1, 0.15) is 0 Å². The van der Waals surface area contributed by atoms with E-state index in [1.54, 1.807) is 38.1 Å². The Labute approximate surface area is 143 Å². The van der Waals surface area contributed by atoms with Crippen LogP contribution < -0.4 is 11.2 Å². The predicted octanol–water partition coefficient (Wildman–Crippen LogP) is 1.35. The Bertz CT molecular complexity index is 966. The van der Waals surface area contributed by atoms with E-state index in [1.807, 2.05) is 0 Å². The number of aryl methyl sites for hydroxylation is 1. The fraction of sp³-hybridized carbons (Fsp3) is 0.222. The van der Waals surface area contributed by atoms with Gasteiger partial charge in [0.05, 0.1) is 12.8 Å². The van der Waals surface area contributed by atoms with Gasteiger partial charge in [0.15, 0.2) is 0 Å². The van der Waals surface area contributed by atoms with Gasteiger partial charge in [-0.1, -0.05) is 25.1 Å². The molecule has 7 nitrogen and oxygen atoms in total. The summed E-state index contributed by atoms with van der Waals surface area (Å²) in [7, 11) is 1.29. The third-order valence-electron chi connectivity index (χ3n) is 3.73. The lowest BCUT2D eigenvalue weighted by atomic mass is 9.97. The van der Waals surface area contributed by atoms with Gasteiger partial charge >= 0.3 is 11.7 Å². The molecule has 1 aromatic carbocycles. The van der Waals surface area contributed by atoms with Crippen LogP contribution in [0.15, 0.2) is 33.9 Å². The number of aromatic nitrogens is 2. The summed E-state index contributed by atoms with van der Waals surface area (Å²) in [6.45, 7) is 3.47. The first-order chi connectivity index (χ1) is 11.9. The largest absolute Gasteiger partial charge is 0.466 e. The zero-order chi connectivity index (χ0) is 18.6. The minimum absolute atomic E-state index is 0.00259. The molecule has 0 spiro atoms. The van der Waals surface area contributed by atoms with E-state index < -0.39 is 23.0 Å². The summed E-state index contributed by atoms with van der Waals surface area (Å²) < 4.78 is 4.52. The maximum atomic E-state index is 12.8. The van der Waals surface area contributed by atoms with Crippen LogP contribution >= 0.6 is 0 Å². The third kappa shape index (κ3) is 4.00. The Morgan fingerprint density at radius 2 is 1.92 bits per heavy atom. The van der Waals surface area contributed by atoms with Crippen molar-refractivity contribution in [2.45, 2.75) is 20.3 Å². The molecule has 0 radical (unpaired) electrons. The summed E-state index contributed by atoms with van der Waals surface area (Å²) in [4.78, 5) is 51.8. The first-order valence-corrected chi connectivity index (χ1v) is 7.64. The molecule has 25 heavy (non-hydrogen) atoms. The van der Waals surface area contributed by atoms with E-state index >= 15 is 0 Å². The van der Waals surface area contributed by atoms with Crippen molar-refractivity contribution in [1.29, 1.82) is 0 Å². The van der Waals surface area contributed by atoms with Gasteiger partial charge < -0.3 is 9.72 Å². The Balaban J connectivity index is 2.45. The summed E-state index contributed by atoms with van der Waals surface area (Å²) in [5, 5.41) is 0. The Morgan fingerprint density at radius 3 is 2.52 bits per heavy atom. The van der Waals surface area contributed by atoms with Crippen LogP contribution in [-0.4, -0.2) is 28.8 Å². The van der Waals surface area contributed by atoms with Crippen LogP contribution in [0.2, 0.25) is 0 Å². The number of rotatable bonds is 5. The molecule has 0 unspecified atom stereocenters. The van der Waals surface area contributed by atoms with Crippen molar-refractivity contribution in [3.63, 3.8) is 0 Å². The van der Waals surface area contributed by atoms with Crippen LogP contribution in [0, 0.1) is 6.92 Å². The number of carbonyl (C=O) groups excluding carboxylic acids is 2. The fourth-order valence-electron chi connectivity index (χ4n) is 2.46. The number of benzene rings is 1. The number of nitrogens with one attached hydrogen (secondary N) is 2. The lowest BCUT2D eigenvalue weighted by Crippen LogP contribution is -2.30. The second-order valence-electron chi connectivity index (χ2n) is 5.38. The number of carbonyl (C=O) groups is 2. The summed E-state index contributed by atoms with van der Waals surface area (Å²) in [5.74, 6) is -0.910. The molecule has 2 aromatic rings. The molecular formula is C18H18N2O5. The van der Waals surface area contributed by atoms with E-state index in [1.165, 1.54) is 13.2 Å². The number of ether oxygens (including phenoxy) is 1. The van der Waals surface area contributed by atoms with E-state index in [4.69, 9.17) is 0 Å². The van der Waals surface area contributed by atoms with Crippen molar-refractivity contribution in [3.8, 4) is 0 Å². The highest BCUT2D eigenvalue weighted by molar-refractivity contribution is 6.09. The van der Waals surface area contributed by atoms with Crippen molar-refractivity contribution in [1.82, 2.24) is 9.97 Å². The van der Waals surface area contributed by atoms with E-state index in [0.29, 0.717) is 17.5 Å². The number of ketones is 1. The van der Waals surface area contributed by atoms with Crippen LogP contribution in [0.5, 0.6) is 0 Å². The van der Waals surface area contributed by atoms with Crippen molar-refractivity contribution >= 4 is 17.8 Å². The molecule has 0 bridgehead atoms. The predicted molar refractivity (Wildman–Crippen MR) is 92.7 cm³/mol. The molecule has 0 aliphatic carbocycles. The molecule has 0 aliphatic heterocycles. The van der Waals surface area contributed by atoms with Gasteiger partial charge in [0.2, 0.25) is 5.78 Å². The van der Waals surface area contributed by atoms with Gasteiger partial charge in [0, 0.05) is 17.2 Å². The van der Waals surface area contributed by atoms with E-state index in [9.17, 15) is 19.2 Å². The molecule has 1 aromatic heterocycles. The highest BCUT2D eigenvalue weighted by Crippen LogP contribution is 2.17. The van der Waals surface area contributed by atoms with E-state index in [0.717, 1.165) is 5.56 Å². The van der Waals surface area contributed by atoms with Gasteiger partial charge in [-0.25, -0.2) is 9.59 Å². The standard InChI is InChI=1S/C18H18N2O5/c1-4-12-15(19-18(24)20-17(12)23)16(22)13-7-5-11(9-10(13)2)6-8-14(21)25-3/h5-9H,4H2,1-3H3,(H2,19,20,23,24)/b8-6+. The van der Waals surface area contributed by atoms with Crippen LogP contribution in [0.3, 0.4) is 0 Å². The third-order valence-corrected chi connectivity index (χ3v) is 3.73. The molecule has 7 heteroatoms. The summed E-state index contributed by atoms with van der Waals surface area (Å²) in [6.07, 6.45) is 3.16. The summed E-state index contributed by atoms with van der Waals surface area (Å²) >= 11 is 0. The SMILES string of the molecule is CCc1c(C(=O)c2ccc(/C=C/C(=O)OC)cc2C)[nH]c(=O)[nH]c1=O. The lowest BCUT2D eigenvalue weighted by Gasteiger charge is -2.09. The first kappa shape index (κ1) is 18.1. The smallest absolute Gasteiger partial charge is 0.330 e. The average molecular weight is 342 g/mol. The van der Waals surface area contributed by atoms with Crippen LogP contribution in [0.25, 0.3) is 6.08 Å². The lowest BCUT2D eigenvalue weighted by molar-refractivity contribution is -0.134. The monoisotopic (exact) mass is 342 g/mol. The second-order valence-corrected chi connectivity index (χ2v) is 5.38. The molecule has 0 saturated heterocycles. The van der Waals surface area contributed by atoms with Gasteiger partial charge in [-0.05, 0) is 30.5 Å². The molecule has 0 aliphatic rings. The molecule has 2 rings (SSSR count). The zero-order valence-electron chi connectivity index (χ0n) is 14.1. The van der Waals surface area contributed by atoms with Gasteiger partial charge in [-0.3, -0.25) is 14.6 Å². The zero-order valence-corrected chi connectivity index (χ0v) is 14.1. The minimum atomic E-state index is -0.721. The molecule has 130 valence electrons. The first-order valence-electron chi connectivity index (χ1n) is 7.64. The average Bonchev–Trinajstić information content (AvgIpc) is 2.58. The Kier molecular flexibility index (Phi) is 5.49. The van der Waals surface area contributed by atoms with Crippen LogP contribution in [-0.2, 0) is 16.0 Å². The fourth-order valence-corrected chi connectivity index (χ4v) is 2.46. The Morgan fingerprint density at radius 1 is 1.20 bits per heavy atom. The minimum Gasteiger partial charge on any atom is -0.466 e. The van der Waals surface area contributed by atoms with Gasteiger partial charge in [-0.15, -0.1) is 0 Å². The number of esters is 1. The molecule has 2 N–H and O–H groups in total. The molecule has 0 fully saturated rings. The normalized spacial score (nSPS) is 10.8. The number of methoxy groups -OCH3 is 1. The molecule has 0 atom stereocenters. The second kappa shape index (κ2) is 7.57. The number of hydrogen-bond acceptors (Lipinski definition) is 5. The van der Waals surface area contributed by atoms with Crippen molar-refractivity contribution in [3.05, 3.63) is 73.1 Å². The summed E-state index contributed by atoms with van der Waals surface area (Å²) in [6, 6.07) is 4.98. The number of aromatic amines is 2.